The number of aromatic amines is 1. The van der Waals surface area contributed by atoms with Crippen LogP contribution in [0.4, 0.5) is 0 Å². The molecule has 0 aliphatic rings. The zero-order valence-corrected chi connectivity index (χ0v) is 19.1. The number of nitrogens with one attached hydrogen (secondary N) is 1. The fourth-order valence-corrected chi connectivity index (χ4v) is 4.45. The molecule has 0 bridgehead atoms. The minimum absolute atomic E-state index is 0.653. The Bertz CT molecular complexity index is 1530. The quantitative estimate of drug-likeness (QED) is 0.319. The molecular weight excluding hydrogens is 430 g/mol. The average Bonchev–Trinajstić information content (AvgIpc) is 3.42. The lowest BCUT2D eigenvalue weighted by molar-refractivity contribution is 0.245. The van der Waals surface area contributed by atoms with Crippen molar-refractivity contribution in [3.05, 3.63) is 125 Å². The summed E-state index contributed by atoms with van der Waals surface area (Å²) in [5.41, 5.74) is 6.61. The fraction of sp³-hybridized carbons (Fsp3) is 0.100. The van der Waals surface area contributed by atoms with Crippen molar-refractivity contribution < 1.29 is 0 Å². The molecule has 5 rings (SSSR count). The molecule has 0 spiro atoms. The molecule has 0 atom stereocenters. The van der Waals surface area contributed by atoms with Gasteiger partial charge >= 0.3 is 0 Å². The molecule has 0 radical (unpaired) electrons. The van der Waals surface area contributed by atoms with Gasteiger partial charge in [0.05, 0.1) is 29.6 Å². The van der Waals surface area contributed by atoms with Crippen LogP contribution in [-0.4, -0.2) is 14.9 Å². The first kappa shape index (κ1) is 22.1. The van der Waals surface area contributed by atoms with Gasteiger partial charge in [0.25, 0.3) is 0 Å². The number of nitriles is 2. The van der Waals surface area contributed by atoms with E-state index in [4.69, 9.17) is 5.26 Å². The van der Waals surface area contributed by atoms with E-state index in [2.05, 4.69) is 57.3 Å². The van der Waals surface area contributed by atoms with Gasteiger partial charge in [-0.15, -0.1) is 0 Å². The maximum Gasteiger partial charge on any atom is 0.0998 e. The number of rotatable bonds is 7. The highest BCUT2D eigenvalue weighted by atomic mass is 15.1. The van der Waals surface area contributed by atoms with Crippen LogP contribution in [0.2, 0.25) is 0 Å². The molecule has 0 unspecified atom stereocenters. The maximum atomic E-state index is 9.84. The molecular formula is C30H23N5. The van der Waals surface area contributed by atoms with Gasteiger partial charge in [-0.05, 0) is 51.7 Å². The van der Waals surface area contributed by atoms with Gasteiger partial charge in [-0.3, -0.25) is 4.90 Å². The summed E-state index contributed by atoms with van der Waals surface area (Å²) in [6.45, 7) is 2.11. The smallest absolute Gasteiger partial charge is 0.0998 e. The van der Waals surface area contributed by atoms with Gasteiger partial charge in [-0.2, -0.15) is 10.5 Å². The van der Waals surface area contributed by atoms with Gasteiger partial charge in [-0.1, -0.05) is 60.7 Å². The van der Waals surface area contributed by atoms with E-state index in [9.17, 15) is 5.26 Å². The number of hydrogen-bond donors (Lipinski definition) is 1. The molecule has 168 valence electrons. The van der Waals surface area contributed by atoms with Crippen molar-refractivity contribution >= 4 is 10.8 Å². The van der Waals surface area contributed by atoms with Crippen LogP contribution in [0.5, 0.6) is 0 Å². The first-order valence-corrected chi connectivity index (χ1v) is 11.4. The molecule has 0 saturated carbocycles. The second kappa shape index (κ2) is 10.1. The minimum atomic E-state index is 0.653. The van der Waals surface area contributed by atoms with Crippen LogP contribution in [0, 0.1) is 22.7 Å². The largest absolute Gasteiger partial charge is 0.347 e. The molecule has 1 heterocycles. The lowest BCUT2D eigenvalue weighted by Crippen LogP contribution is -2.22. The summed E-state index contributed by atoms with van der Waals surface area (Å²) >= 11 is 0. The molecule has 5 aromatic rings. The number of aromatic nitrogens is 2. The molecule has 1 aromatic heterocycles. The van der Waals surface area contributed by atoms with Gasteiger partial charge in [0.1, 0.15) is 0 Å². The first-order valence-electron chi connectivity index (χ1n) is 11.4. The van der Waals surface area contributed by atoms with E-state index in [1.165, 1.54) is 0 Å². The Morgan fingerprint density at radius 2 is 1.51 bits per heavy atom. The highest BCUT2D eigenvalue weighted by Crippen LogP contribution is 2.32. The molecule has 0 aliphatic carbocycles. The van der Waals surface area contributed by atoms with Gasteiger partial charge in [-0.25, -0.2) is 4.98 Å². The summed E-state index contributed by atoms with van der Waals surface area (Å²) in [5.74, 6) is 0. The Balaban J connectivity index is 1.49. The maximum absolute atomic E-state index is 9.84. The fourth-order valence-electron chi connectivity index (χ4n) is 4.45. The summed E-state index contributed by atoms with van der Waals surface area (Å²) in [5, 5.41) is 21.2. The average molecular weight is 454 g/mol. The van der Waals surface area contributed by atoms with Crippen LogP contribution in [0.1, 0.15) is 27.9 Å². The van der Waals surface area contributed by atoms with E-state index >= 15 is 0 Å². The van der Waals surface area contributed by atoms with Crippen LogP contribution in [0.25, 0.3) is 21.9 Å². The first-order chi connectivity index (χ1) is 17.2. The third-order valence-corrected chi connectivity index (χ3v) is 6.13. The van der Waals surface area contributed by atoms with E-state index in [1.807, 2.05) is 60.8 Å². The normalized spacial score (nSPS) is 10.8. The Morgan fingerprint density at radius 3 is 2.29 bits per heavy atom. The lowest BCUT2D eigenvalue weighted by atomic mass is 9.93. The second-order valence-corrected chi connectivity index (χ2v) is 8.55. The molecule has 0 fully saturated rings. The van der Waals surface area contributed by atoms with E-state index < -0.39 is 0 Å². The highest BCUT2D eigenvalue weighted by Gasteiger charge is 2.14. The SMILES string of the molecule is N#Cc1ccc(CN(Cc2ccc(C#N)c(-c3cccc4ccccc34)c2)Cc2cnc[nH]2)cc1. The summed E-state index contributed by atoms with van der Waals surface area (Å²) in [6, 6.07) is 32.8. The van der Waals surface area contributed by atoms with Gasteiger partial charge in [0, 0.05) is 37.1 Å². The topological polar surface area (TPSA) is 79.5 Å². The molecule has 0 amide bonds. The zero-order chi connectivity index (χ0) is 24.0. The van der Waals surface area contributed by atoms with Crippen LogP contribution in [0.15, 0.2) is 97.5 Å². The van der Waals surface area contributed by atoms with Gasteiger partial charge in [0.15, 0.2) is 0 Å². The predicted molar refractivity (Wildman–Crippen MR) is 137 cm³/mol. The molecule has 0 aliphatic heterocycles. The molecule has 1 N–H and O–H groups in total. The Morgan fingerprint density at radius 1 is 0.743 bits per heavy atom. The monoisotopic (exact) mass is 453 g/mol. The Labute approximate surface area is 204 Å². The third kappa shape index (κ3) is 4.96. The molecule has 5 heteroatoms. The number of imidazole rings is 1. The van der Waals surface area contributed by atoms with Crippen molar-refractivity contribution in [3.63, 3.8) is 0 Å². The highest BCUT2D eigenvalue weighted by molar-refractivity contribution is 5.97. The van der Waals surface area contributed by atoms with Gasteiger partial charge in [0.2, 0.25) is 0 Å². The summed E-state index contributed by atoms with van der Waals surface area (Å²) in [6.07, 6.45) is 3.53. The number of H-pyrrole nitrogens is 1. The van der Waals surface area contributed by atoms with E-state index in [0.717, 1.165) is 38.7 Å². The lowest BCUT2D eigenvalue weighted by Gasteiger charge is -2.22. The van der Waals surface area contributed by atoms with Crippen LogP contribution in [0.3, 0.4) is 0 Å². The van der Waals surface area contributed by atoms with E-state index in [-0.39, 0.29) is 0 Å². The van der Waals surface area contributed by atoms with Crippen LogP contribution < -0.4 is 0 Å². The molecule has 0 saturated heterocycles. The number of hydrogen-bond acceptors (Lipinski definition) is 4. The molecule has 5 nitrogen and oxygen atoms in total. The predicted octanol–water partition coefficient (Wildman–Crippen LogP) is 6.18. The van der Waals surface area contributed by atoms with Crippen LogP contribution >= 0.6 is 0 Å². The molecule has 4 aromatic carbocycles. The number of fused-ring (bicyclic) bond motifs is 1. The van der Waals surface area contributed by atoms with Crippen LogP contribution in [-0.2, 0) is 19.6 Å². The number of benzene rings is 4. The Hall–Kier alpha value is -4.71. The second-order valence-electron chi connectivity index (χ2n) is 8.55. The van der Waals surface area contributed by atoms with Crippen molar-refractivity contribution in [3.8, 4) is 23.3 Å². The summed E-state index contributed by atoms with van der Waals surface area (Å²) in [7, 11) is 0. The van der Waals surface area contributed by atoms with Crippen molar-refractivity contribution in [2.45, 2.75) is 19.6 Å². The van der Waals surface area contributed by atoms with Crippen molar-refractivity contribution in [2.75, 3.05) is 0 Å². The van der Waals surface area contributed by atoms with E-state index in [1.54, 1.807) is 6.33 Å². The third-order valence-electron chi connectivity index (χ3n) is 6.13. The number of nitrogens with zero attached hydrogens (tertiary/aromatic N) is 4. The zero-order valence-electron chi connectivity index (χ0n) is 19.1. The summed E-state index contributed by atoms with van der Waals surface area (Å²) in [4.78, 5) is 9.68. The van der Waals surface area contributed by atoms with E-state index in [0.29, 0.717) is 30.8 Å². The van der Waals surface area contributed by atoms with Gasteiger partial charge < -0.3 is 4.98 Å². The molecule has 35 heavy (non-hydrogen) atoms. The van der Waals surface area contributed by atoms with Crippen molar-refractivity contribution in [1.82, 2.24) is 14.9 Å². The summed E-state index contributed by atoms with van der Waals surface area (Å²) < 4.78 is 0. The van der Waals surface area contributed by atoms with Crippen molar-refractivity contribution in [2.24, 2.45) is 0 Å². The standard InChI is InChI=1S/C30H23N5/c31-15-22-8-10-23(11-9-22)18-35(20-27-17-33-21-34-27)19-24-12-13-26(16-32)30(14-24)29-7-3-5-25-4-1-2-6-28(25)29/h1-14,17,21H,18-20H2,(H,33,34). The Kier molecular flexibility index (Phi) is 6.35. The minimum Gasteiger partial charge on any atom is -0.347 e. The van der Waals surface area contributed by atoms with Crippen molar-refractivity contribution in [1.29, 1.82) is 10.5 Å².